The number of nitrogens with zero attached hydrogens (tertiary/aromatic N) is 1. The van der Waals surface area contributed by atoms with Crippen LogP contribution in [-0.2, 0) is 14.8 Å². The van der Waals surface area contributed by atoms with Gasteiger partial charge in [-0.25, -0.2) is 21.9 Å². The zero-order chi connectivity index (χ0) is 17.9. The van der Waals surface area contributed by atoms with Crippen LogP contribution in [0.1, 0.15) is 17.3 Å². The molecule has 2 rings (SSSR count). The summed E-state index contributed by atoms with van der Waals surface area (Å²) >= 11 is 0. The van der Waals surface area contributed by atoms with Crippen molar-refractivity contribution in [2.45, 2.75) is 11.8 Å². The summed E-state index contributed by atoms with van der Waals surface area (Å²) in [6.07, 6.45) is 0. The number of hydrogen-bond donors (Lipinski definition) is 0. The van der Waals surface area contributed by atoms with E-state index >= 15 is 0 Å². The normalized spacial score (nSPS) is 11.5. The van der Waals surface area contributed by atoms with Gasteiger partial charge in [0, 0.05) is 19.7 Å². The zero-order valence-electron chi connectivity index (χ0n) is 13.6. The Morgan fingerprint density at radius 1 is 1.12 bits per heavy atom. The summed E-state index contributed by atoms with van der Waals surface area (Å²) in [5.74, 6) is -1.04. The first kappa shape index (κ1) is 18.1. The summed E-state index contributed by atoms with van der Waals surface area (Å²) in [6.45, 7) is 1.91. The van der Waals surface area contributed by atoms with Crippen LogP contribution >= 0.6 is 0 Å². The Kier molecular flexibility index (Phi) is 5.36. The Morgan fingerprint density at radius 2 is 1.75 bits per heavy atom. The summed E-state index contributed by atoms with van der Waals surface area (Å²) in [4.78, 5) is 11.9. The summed E-state index contributed by atoms with van der Waals surface area (Å²) in [5.41, 5.74) is 0.906. The molecular formula is C17H18FNO4S. The van der Waals surface area contributed by atoms with Crippen LogP contribution in [0.5, 0.6) is 0 Å². The van der Waals surface area contributed by atoms with E-state index in [2.05, 4.69) is 0 Å². The van der Waals surface area contributed by atoms with Crippen LogP contribution in [-0.4, -0.2) is 39.4 Å². The predicted octanol–water partition coefficient (Wildman–Crippen LogP) is 2.92. The van der Waals surface area contributed by atoms with Crippen LogP contribution in [0.2, 0.25) is 0 Å². The second-order valence-electron chi connectivity index (χ2n) is 5.23. The van der Waals surface area contributed by atoms with E-state index in [-0.39, 0.29) is 22.6 Å². The largest absolute Gasteiger partial charge is 0.462 e. The number of sulfonamides is 1. The number of hydrogen-bond acceptors (Lipinski definition) is 4. The number of esters is 1. The lowest BCUT2D eigenvalue weighted by Crippen LogP contribution is -2.22. The van der Waals surface area contributed by atoms with E-state index in [9.17, 15) is 17.6 Å². The molecule has 0 spiro atoms. The van der Waals surface area contributed by atoms with Crippen LogP contribution in [0.25, 0.3) is 11.1 Å². The van der Waals surface area contributed by atoms with Crippen molar-refractivity contribution in [3.05, 3.63) is 53.8 Å². The van der Waals surface area contributed by atoms with Crippen LogP contribution in [0.15, 0.2) is 47.4 Å². The van der Waals surface area contributed by atoms with Gasteiger partial charge in [-0.15, -0.1) is 0 Å². The van der Waals surface area contributed by atoms with E-state index in [1.165, 1.54) is 56.6 Å². The smallest absolute Gasteiger partial charge is 0.338 e. The summed E-state index contributed by atoms with van der Waals surface area (Å²) in [7, 11) is -0.677. The lowest BCUT2D eigenvalue weighted by molar-refractivity contribution is 0.0526. The highest BCUT2D eigenvalue weighted by Gasteiger charge is 2.18. The van der Waals surface area contributed by atoms with Crippen molar-refractivity contribution in [1.29, 1.82) is 0 Å². The molecule has 0 fully saturated rings. The molecule has 7 heteroatoms. The van der Waals surface area contributed by atoms with E-state index in [1.807, 2.05) is 0 Å². The number of ether oxygens (including phenoxy) is 1. The quantitative estimate of drug-likeness (QED) is 0.777. The van der Waals surface area contributed by atoms with Crippen molar-refractivity contribution in [3.63, 3.8) is 0 Å². The van der Waals surface area contributed by atoms with Gasteiger partial charge >= 0.3 is 5.97 Å². The number of carbonyl (C=O) groups excluding carboxylic acids is 1. The number of halogens is 1. The Balaban J connectivity index is 2.42. The van der Waals surface area contributed by atoms with Crippen LogP contribution < -0.4 is 0 Å². The van der Waals surface area contributed by atoms with E-state index in [0.29, 0.717) is 5.56 Å². The zero-order valence-corrected chi connectivity index (χ0v) is 14.4. The lowest BCUT2D eigenvalue weighted by atomic mass is 10.0. The molecule has 0 atom stereocenters. The van der Waals surface area contributed by atoms with Crippen molar-refractivity contribution in [1.82, 2.24) is 4.31 Å². The molecule has 0 unspecified atom stereocenters. The molecule has 0 aliphatic rings. The molecule has 0 radical (unpaired) electrons. The van der Waals surface area contributed by atoms with E-state index < -0.39 is 21.8 Å². The highest BCUT2D eigenvalue weighted by Crippen LogP contribution is 2.26. The highest BCUT2D eigenvalue weighted by atomic mass is 32.2. The molecule has 0 aliphatic carbocycles. The van der Waals surface area contributed by atoms with Gasteiger partial charge in [0.15, 0.2) is 0 Å². The van der Waals surface area contributed by atoms with Crippen LogP contribution in [0.4, 0.5) is 4.39 Å². The summed E-state index contributed by atoms with van der Waals surface area (Å²) < 4.78 is 44.2. The van der Waals surface area contributed by atoms with E-state index in [4.69, 9.17) is 4.74 Å². The third-order valence-corrected chi connectivity index (χ3v) is 5.25. The van der Waals surface area contributed by atoms with Crippen LogP contribution in [0.3, 0.4) is 0 Å². The topological polar surface area (TPSA) is 63.7 Å². The molecule has 0 saturated carbocycles. The minimum Gasteiger partial charge on any atom is -0.462 e. The molecule has 128 valence electrons. The average Bonchev–Trinajstić information content (AvgIpc) is 2.55. The molecule has 0 amide bonds. The van der Waals surface area contributed by atoms with Gasteiger partial charge < -0.3 is 4.74 Å². The Morgan fingerprint density at radius 3 is 2.29 bits per heavy atom. The molecule has 0 heterocycles. The molecule has 2 aromatic rings. The Hall–Kier alpha value is -2.25. The van der Waals surface area contributed by atoms with Crippen molar-refractivity contribution in [2.75, 3.05) is 20.7 Å². The minimum atomic E-state index is -3.55. The first-order chi connectivity index (χ1) is 11.3. The maximum absolute atomic E-state index is 14.1. The van der Waals surface area contributed by atoms with Gasteiger partial charge in [-0.3, -0.25) is 0 Å². The first-order valence-corrected chi connectivity index (χ1v) is 8.71. The van der Waals surface area contributed by atoms with E-state index in [0.717, 1.165) is 4.31 Å². The fourth-order valence-corrected chi connectivity index (χ4v) is 3.01. The van der Waals surface area contributed by atoms with Crippen molar-refractivity contribution in [3.8, 4) is 11.1 Å². The minimum absolute atomic E-state index is 0.109. The second-order valence-corrected chi connectivity index (χ2v) is 7.38. The second kappa shape index (κ2) is 7.11. The number of carbonyl (C=O) groups is 1. The van der Waals surface area contributed by atoms with Gasteiger partial charge in [0.1, 0.15) is 5.82 Å². The average molecular weight is 351 g/mol. The number of rotatable bonds is 5. The number of benzene rings is 2. The summed E-state index contributed by atoms with van der Waals surface area (Å²) in [6, 6.07) is 9.74. The molecule has 0 N–H and O–H groups in total. The first-order valence-electron chi connectivity index (χ1n) is 7.27. The Labute approximate surface area is 140 Å². The van der Waals surface area contributed by atoms with Crippen molar-refractivity contribution in [2.24, 2.45) is 0 Å². The molecule has 5 nitrogen and oxygen atoms in total. The molecule has 0 saturated heterocycles. The maximum atomic E-state index is 14.1. The standard InChI is InChI=1S/C17H18FNO4S/c1-4-23-17(20)13-7-10-16(18)15(11-13)12-5-8-14(9-6-12)24(21,22)19(2)3/h5-11H,4H2,1-3H3. The van der Waals surface area contributed by atoms with Gasteiger partial charge in [-0.2, -0.15) is 0 Å². The maximum Gasteiger partial charge on any atom is 0.338 e. The third kappa shape index (κ3) is 3.63. The molecule has 0 bridgehead atoms. The fraction of sp³-hybridized carbons (Fsp3) is 0.235. The molecular weight excluding hydrogens is 333 g/mol. The molecule has 2 aromatic carbocycles. The SMILES string of the molecule is CCOC(=O)c1ccc(F)c(-c2ccc(S(=O)(=O)N(C)C)cc2)c1. The van der Waals surface area contributed by atoms with Gasteiger partial charge in [-0.1, -0.05) is 12.1 Å². The molecule has 0 aromatic heterocycles. The highest BCUT2D eigenvalue weighted by molar-refractivity contribution is 7.89. The monoisotopic (exact) mass is 351 g/mol. The van der Waals surface area contributed by atoms with Gasteiger partial charge in [0.2, 0.25) is 10.0 Å². The molecule has 0 aliphatic heterocycles. The summed E-state index contributed by atoms with van der Waals surface area (Å²) in [5, 5.41) is 0. The van der Waals surface area contributed by atoms with Gasteiger partial charge in [-0.05, 0) is 42.8 Å². The van der Waals surface area contributed by atoms with Crippen molar-refractivity contribution >= 4 is 16.0 Å². The predicted molar refractivity (Wildman–Crippen MR) is 88.7 cm³/mol. The lowest BCUT2D eigenvalue weighted by Gasteiger charge is -2.12. The Bertz CT molecular complexity index is 845. The molecule has 24 heavy (non-hydrogen) atoms. The van der Waals surface area contributed by atoms with Crippen LogP contribution in [0, 0.1) is 5.82 Å². The van der Waals surface area contributed by atoms with Crippen molar-refractivity contribution < 1.29 is 22.3 Å². The van der Waals surface area contributed by atoms with E-state index in [1.54, 1.807) is 6.92 Å². The van der Waals surface area contributed by atoms with Gasteiger partial charge in [0.25, 0.3) is 0 Å². The fourth-order valence-electron chi connectivity index (χ4n) is 2.11. The van der Waals surface area contributed by atoms with Gasteiger partial charge in [0.05, 0.1) is 17.1 Å². The third-order valence-electron chi connectivity index (χ3n) is 3.42.